The highest BCUT2D eigenvalue weighted by Gasteiger charge is 2.26. The molecule has 0 unspecified atom stereocenters. The standard InChI is InChI=1S/C76H52N8/c1-7-25-53(26-8-1)79(54-27-9-2-10-28-54)59-43-48-73-67(49-59)64-39-21-24-42-70(64)84(73)75-52-74(80(55-29-11-3-12-30-55)60-44-46-71-65(50-60)62-37-19-22-40-68(62)82(71)57-33-15-5-16-34-57)77-76(78-75)81(56-31-13-4-14-32-56)61-45-47-72-66(51-61)63-38-20-23-41-69(63)83(72)58-35-17-6-18-36-58/h1-52H. The van der Waals surface area contributed by atoms with E-state index in [0.717, 1.165) is 117 Å². The third kappa shape index (κ3) is 8.15. The Hall–Kier alpha value is -11.5. The van der Waals surface area contributed by atoms with Gasteiger partial charge in [-0.2, -0.15) is 9.97 Å². The molecule has 84 heavy (non-hydrogen) atoms. The van der Waals surface area contributed by atoms with Crippen LogP contribution >= 0.6 is 0 Å². The molecule has 0 radical (unpaired) electrons. The number of para-hydroxylation sites is 9. The van der Waals surface area contributed by atoms with Crippen molar-refractivity contribution in [2.45, 2.75) is 0 Å². The van der Waals surface area contributed by atoms with Crippen molar-refractivity contribution < 1.29 is 0 Å². The van der Waals surface area contributed by atoms with Gasteiger partial charge in [0.15, 0.2) is 0 Å². The summed E-state index contributed by atoms with van der Waals surface area (Å²) in [6, 6.07) is 112. The Morgan fingerprint density at radius 3 is 0.952 bits per heavy atom. The lowest BCUT2D eigenvalue weighted by molar-refractivity contribution is 0.997. The zero-order valence-corrected chi connectivity index (χ0v) is 45.6. The maximum absolute atomic E-state index is 5.81. The fourth-order valence-electron chi connectivity index (χ4n) is 12.5. The minimum absolute atomic E-state index is 0.504. The van der Waals surface area contributed by atoms with Crippen molar-refractivity contribution >= 4 is 117 Å². The Morgan fingerprint density at radius 2 is 0.524 bits per heavy atom. The Labute approximate surface area is 485 Å². The van der Waals surface area contributed by atoms with Crippen molar-refractivity contribution in [1.29, 1.82) is 0 Å². The number of benzene rings is 12. The molecule has 0 spiro atoms. The molecule has 0 saturated heterocycles. The zero-order chi connectivity index (χ0) is 55.5. The Bertz CT molecular complexity index is 4820. The average molecular weight is 1080 g/mol. The molecule has 0 amide bonds. The van der Waals surface area contributed by atoms with Crippen molar-refractivity contribution in [3.8, 4) is 17.2 Å². The van der Waals surface area contributed by atoms with E-state index in [2.05, 4.69) is 344 Å². The number of hydrogen-bond donors (Lipinski definition) is 0. The summed E-state index contributed by atoms with van der Waals surface area (Å²) in [4.78, 5) is 18.4. The second-order valence-corrected chi connectivity index (χ2v) is 21.1. The Morgan fingerprint density at radius 1 is 0.214 bits per heavy atom. The molecule has 0 aliphatic heterocycles. The van der Waals surface area contributed by atoms with Gasteiger partial charge in [-0.3, -0.25) is 14.4 Å². The molecule has 16 aromatic rings. The predicted octanol–water partition coefficient (Wildman–Crippen LogP) is 20.2. The Balaban J connectivity index is 0.965. The normalized spacial score (nSPS) is 11.6. The first kappa shape index (κ1) is 48.4. The van der Waals surface area contributed by atoms with Crippen LogP contribution in [-0.4, -0.2) is 23.7 Å². The second-order valence-electron chi connectivity index (χ2n) is 21.1. The van der Waals surface area contributed by atoms with Crippen molar-refractivity contribution in [2.75, 3.05) is 14.7 Å². The van der Waals surface area contributed by atoms with Crippen molar-refractivity contribution in [1.82, 2.24) is 23.7 Å². The van der Waals surface area contributed by atoms with E-state index in [9.17, 15) is 0 Å². The van der Waals surface area contributed by atoms with Crippen LogP contribution in [-0.2, 0) is 0 Å². The van der Waals surface area contributed by atoms with E-state index in [1.807, 2.05) is 0 Å². The molecular weight excluding hydrogens is 1020 g/mol. The van der Waals surface area contributed by atoms with Gasteiger partial charge in [0.05, 0.1) is 33.1 Å². The molecule has 8 heteroatoms. The highest BCUT2D eigenvalue weighted by Crippen LogP contribution is 2.45. The van der Waals surface area contributed by atoms with Crippen LogP contribution in [0.3, 0.4) is 0 Å². The lowest BCUT2D eigenvalue weighted by atomic mass is 10.1. The number of hydrogen-bond acceptors (Lipinski definition) is 5. The monoisotopic (exact) mass is 1080 g/mol. The van der Waals surface area contributed by atoms with Crippen LogP contribution in [0.1, 0.15) is 0 Å². The van der Waals surface area contributed by atoms with Crippen molar-refractivity contribution in [3.05, 3.63) is 315 Å². The SMILES string of the molecule is c1ccc(N(c2ccccc2)c2ccc3c(c2)c2ccccc2n3-c2cc(N(c3ccccc3)c3ccc4c(c3)c3ccccc3n4-c3ccccc3)nc(N(c3ccccc3)c3ccc4c(c3)c3ccccc3n4-c3ccccc3)n2)cc1. The van der Waals surface area contributed by atoms with Crippen LogP contribution in [0.2, 0.25) is 0 Å². The smallest absolute Gasteiger partial charge is 0.238 e. The van der Waals surface area contributed by atoms with E-state index in [4.69, 9.17) is 9.97 Å². The first-order chi connectivity index (χ1) is 41.7. The molecule has 4 aromatic heterocycles. The maximum Gasteiger partial charge on any atom is 0.238 e. The fraction of sp³-hybridized carbons (Fsp3) is 0. The average Bonchev–Trinajstić information content (AvgIpc) is 2.87. The summed E-state index contributed by atoms with van der Waals surface area (Å²) in [5.41, 5.74) is 15.7. The van der Waals surface area contributed by atoms with Gasteiger partial charge in [-0.15, -0.1) is 0 Å². The van der Waals surface area contributed by atoms with Crippen LogP contribution < -0.4 is 14.7 Å². The maximum atomic E-state index is 5.81. The lowest BCUT2D eigenvalue weighted by Crippen LogP contribution is -2.18. The minimum atomic E-state index is 0.504. The third-order valence-electron chi connectivity index (χ3n) is 16.2. The van der Waals surface area contributed by atoms with E-state index in [1.165, 1.54) is 0 Å². The van der Waals surface area contributed by atoms with Crippen molar-refractivity contribution in [2.24, 2.45) is 0 Å². The number of anilines is 9. The quantitative estimate of drug-likeness (QED) is 0.122. The molecule has 12 aromatic carbocycles. The van der Waals surface area contributed by atoms with Crippen LogP contribution in [0.5, 0.6) is 0 Å². The van der Waals surface area contributed by atoms with Crippen molar-refractivity contribution in [3.63, 3.8) is 0 Å². The number of fused-ring (bicyclic) bond motifs is 9. The fourth-order valence-corrected chi connectivity index (χ4v) is 12.5. The second kappa shape index (κ2) is 20.3. The molecule has 396 valence electrons. The number of nitrogens with zero attached hydrogens (tertiary/aromatic N) is 8. The van der Waals surface area contributed by atoms with Gasteiger partial charge in [-0.1, -0.05) is 164 Å². The summed E-state index contributed by atoms with van der Waals surface area (Å²) in [7, 11) is 0. The summed E-state index contributed by atoms with van der Waals surface area (Å²) >= 11 is 0. The van der Waals surface area contributed by atoms with Crippen LogP contribution in [0.15, 0.2) is 315 Å². The summed E-state index contributed by atoms with van der Waals surface area (Å²) in [5, 5.41) is 6.78. The summed E-state index contributed by atoms with van der Waals surface area (Å²) in [5.74, 6) is 1.91. The summed E-state index contributed by atoms with van der Waals surface area (Å²) in [6.45, 7) is 0. The molecule has 0 N–H and O–H groups in total. The summed E-state index contributed by atoms with van der Waals surface area (Å²) in [6.07, 6.45) is 0. The lowest BCUT2D eigenvalue weighted by Gasteiger charge is -2.28. The largest absolute Gasteiger partial charge is 0.310 e. The molecule has 0 aliphatic rings. The predicted molar refractivity (Wildman–Crippen MR) is 349 cm³/mol. The van der Waals surface area contributed by atoms with Gasteiger partial charge < -0.3 is 14.0 Å². The van der Waals surface area contributed by atoms with Crippen LogP contribution in [0, 0.1) is 0 Å². The van der Waals surface area contributed by atoms with Gasteiger partial charge in [-0.05, 0) is 146 Å². The highest BCUT2D eigenvalue weighted by atomic mass is 15.3. The number of rotatable bonds is 12. The van der Waals surface area contributed by atoms with Gasteiger partial charge in [0, 0.05) is 89.6 Å². The van der Waals surface area contributed by atoms with Gasteiger partial charge in [0.1, 0.15) is 11.6 Å². The third-order valence-corrected chi connectivity index (χ3v) is 16.2. The van der Waals surface area contributed by atoms with E-state index in [1.54, 1.807) is 0 Å². The van der Waals surface area contributed by atoms with E-state index in [0.29, 0.717) is 17.6 Å². The number of aromatic nitrogens is 5. The highest BCUT2D eigenvalue weighted by molar-refractivity contribution is 6.13. The van der Waals surface area contributed by atoms with Crippen LogP contribution in [0.25, 0.3) is 82.6 Å². The molecular formula is C76H52N8. The molecule has 0 aliphatic carbocycles. The van der Waals surface area contributed by atoms with E-state index >= 15 is 0 Å². The molecule has 4 heterocycles. The molecule has 0 saturated carbocycles. The first-order valence-electron chi connectivity index (χ1n) is 28.4. The first-order valence-corrected chi connectivity index (χ1v) is 28.4. The molecule has 8 nitrogen and oxygen atoms in total. The van der Waals surface area contributed by atoms with Gasteiger partial charge in [0.2, 0.25) is 5.95 Å². The Kier molecular flexibility index (Phi) is 11.7. The topological polar surface area (TPSA) is 50.3 Å². The van der Waals surface area contributed by atoms with Crippen LogP contribution in [0.4, 0.5) is 51.6 Å². The summed E-state index contributed by atoms with van der Waals surface area (Å²) < 4.78 is 7.04. The molecule has 0 atom stereocenters. The minimum Gasteiger partial charge on any atom is -0.310 e. The molecule has 16 rings (SSSR count). The zero-order valence-electron chi connectivity index (χ0n) is 45.6. The van der Waals surface area contributed by atoms with Gasteiger partial charge in [0.25, 0.3) is 0 Å². The van der Waals surface area contributed by atoms with Gasteiger partial charge >= 0.3 is 0 Å². The van der Waals surface area contributed by atoms with E-state index in [-0.39, 0.29) is 0 Å². The molecule has 0 bridgehead atoms. The van der Waals surface area contributed by atoms with E-state index < -0.39 is 0 Å². The van der Waals surface area contributed by atoms with Gasteiger partial charge in [-0.25, -0.2) is 0 Å². The molecule has 0 fully saturated rings.